The SMILES string of the molecule is CC(C)(C)c1ccc(S(=O)(=O)NCCC(=O)NCc2ccc(CN3CCOCC3)cc2)cc1. The quantitative estimate of drug-likeness (QED) is 0.585. The van der Waals surface area contributed by atoms with E-state index >= 15 is 0 Å². The molecule has 7 nitrogen and oxygen atoms in total. The van der Waals surface area contributed by atoms with E-state index in [4.69, 9.17) is 4.74 Å². The first-order valence-corrected chi connectivity index (χ1v) is 12.9. The highest BCUT2D eigenvalue weighted by Gasteiger charge is 2.17. The highest BCUT2D eigenvalue weighted by Crippen LogP contribution is 2.23. The van der Waals surface area contributed by atoms with Gasteiger partial charge in [0.1, 0.15) is 0 Å². The van der Waals surface area contributed by atoms with Crippen LogP contribution in [0.2, 0.25) is 0 Å². The van der Waals surface area contributed by atoms with Crippen molar-refractivity contribution in [2.24, 2.45) is 0 Å². The van der Waals surface area contributed by atoms with Crippen LogP contribution in [0, 0.1) is 0 Å². The Morgan fingerprint density at radius 2 is 1.58 bits per heavy atom. The van der Waals surface area contributed by atoms with E-state index in [1.807, 2.05) is 24.3 Å². The standard InChI is InChI=1S/C25H35N3O4S/c1-25(2,3)22-8-10-23(11-9-22)33(30,31)27-13-12-24(29)26-18-20-4-6-21(7-5-20)19-28-14-16-32-17-15-28/h4-11,27H,12-19H2,1-3H3,(H,26,29). The predicted octanol–water partition coefficient (Wildman–Crippen LogP) is 2.80. The van der Waals surface area contributed by atoms with Crippen molar-refractivity contribution in [2.45, 2.75) is 50.6 Å². The van der Waals surface area contributed by atoms with E-state index in [1.54, 1.807) is 12.1 Å². The molecule has 1 saturated heterocycles. The van der Waals surface area contributed by atoms with Crippen LogP contribution < -0.4 is 10.0 Å². The molecule has 0 aromatic heterocycles. The average Bonchev–Trinajstić information content (AvgIpc) is 2.79. The van der Waals surface area contributed by atoms with Crippen molar-refractivity contribution in [1.29, 1.82) is 0 Å². The Bertz CT molecular complexity index is 1010. The van der Waals surface area contributed by atoms with Gasteiger partial charge in [0.15, 0.2) is 0 Å². The molecule has 180 valence electrons. The number of amides is 1. The number of nitrogens with zero attached hydrogens (tertiary/aromatic N) is 1. The van der Waals surface area contributed by atoms with Gasteiger partial charge < -0.3 is 10.1 Å². The number of hydrogen-bond donors (Lipinski definition) is 2. The van der Waals surface area contributed by atoms with Gasteiger partial charge in [-0.2, -0.15) is 0 Å². The third-order valence-electron chi connectivity index (χ3n) is 5.70. The molecule has 2 aromatic carbocycles. The van der Waals surface area contributed by atoms with Crippen LogP contribution in [0.5, 0.6) is 0 Å². The van der Waals surface area contributed by atoms with Crippen LogP contribution in [-0.2, 0) is 38.1 Å². The number of sulfonamides is 1. The van der Waals surface area contributed by atoms with E-state index in [0.717, 1.165) is 44.0 Å². The van der Waals surface area contributed by atoms with Gasteiger partial charge in [0.2, 0.25) is 15.9 Å². The van der Waals surface area contributed by atoms with E-state index in [0.29, 0.717) is 6.54 Å². The van der Waals surface area contributed by atoms with Gasteiger partial charge in [-0.25, -0.2) is 13.1 Å². The highest BCUT2D eigenvalue weighted by atomic mass is 32.2. The van der Waals surface area contributed by atoms with Crippen molar-refractivity contribution in [3.63, 3.8) is 0 Å². The lowest BCUT2D eigenvalue weighted by atomic mass is 9.87. The van der Waals surface area contributed by atoms with Crippen LogP contribution in [0.3, 0.4) is 0 Å². The molecule has 1 aliphatic rings. The third kappa shape index (κ3) is 7.92. The fourth-order valence-corrected chi connectivity index (χ4v) is 4.62. The van der Waals surface area contributed by atoms with Crippen LogP contribution in [0.1, 0.15) is 43.9 Å². The zero-order valence-electron chi connectivity index (χ0n) is 19.8. The van der Waals surface area contributed by atoms with Crippen molar-refractivity contribution >= 4 is 15.9 Å². The average molecular weight is 474 g/mol. The molecule has 0 atom stereocenters. The number of morpholine rings is 1. The molecule has 0 aliphatic carbocycles. The summed E-state index contributed by atoms with van der Waals surface area (Å²) in [6.45, 7) is 11.1. The number of carbonyl (C=O) groups is 1. The van der Waals surface area contributed by atoms with Gasteiger partial charge in [-0.15, -0.1) is 0 Å². The second-order valence-electron chi connectivity index (χ2n) is 9.40. The summed E-state index contributed by atoms with van der Waals surface area (Å²) in [7, 11) is -3.64. The smallest absolute Gasteiger partial charge is 0.240 e. The van der Waals surface area contributed by atoms with Crippen molar-refractivity contribution in [3.05, 3.63) is 65.2 Å². The summed E-state index contributed by atoms with van der Waals surface area (Å²) in [6.07, 6.45) is 0.0778. The minimum atomic E-state index is -3.64. The van der Waals surface area contributed by atoms with Gasteiger partial charge in [0.25, 0.3) is 0 Å². The molecule has 1 amide bonds. The molecule has 33 heavy (non-hydrogen) atoms. The first kappa shape index (κ1) is 25.4. The van der Waals surface area contributed by atoms with Crippen LogP contribution in [0.15, 0.2) is 53.4 Å². The molecule has 0 saturated carbocycles. The molecular weight excluding hydrogens is 438 g/mol. The molecule has 2 aromatic rings. The fraction of sp³-hybridized carbons (Fsp3) is 0.480. The maximum Gasteiger partial charge on any atom is 0.240 e. The lowest BCUT2D eigenvalue weighted by molar-refractivity contribution is -0.121. The molecule has 1 aliphatic heterocycles. The lowest BCUT2D eigenvalue weighted by Gasteiger charge is -2.26. The highest BCUT2D eigenvalue weighted by molar-refractivity contribution is 7.89. The van der Waals surface area contributed by atoms with Crippen LogP contribution >= 0.6 is 0 Å². The first-order valence-electron chi connectivity index (χ1n) is 11.4. The van der Waals surface area contributed by atoms with Gasteiger partial charge >= 0.3 is 0 Å². The van der Waals surface area contributed by atoms with E-state index in [1.165, 1.54) is 5.56 Å². The summed E-state index contributed by atoms with van der Waals surface area (Å²) >= 11 is 0. The summed E-state index contributed by atoms with van der Waals surface area (Å²) in [5.41, 5.74) is 3.26. The summed E-state index contributed by atoms with van der Waals surface area (Å²) in [4.78, 5) is 14.7. The number of rotatable bonds is 9. The van der Waals surface area contributed by atoms with Crippen LogP contribution in [0.4, 0.5) is 0 Å². The summed E-state index contributed by atoms with van der Waals surface area (Å²) < 4.78 is 32.8. The third-order valence-corrected chi connectivity index (χ3v) is 7.17. The Morgan fingerprint density at radius 1 is 0.970 bits per heavy atom. The second kappa shape index (κ2) is 11.2. The second-order valence-corrected chi connectivity index (χ2v) is 11.2. The Kier molecular flexibility index (Phi) is 8.64. The minimum absolute atomic E-state index is 0.0448. The van der Waals surface area contributed by atoms with Crippen molar-refractivity contribution in [2.75, 3.05) is 32.8 Å². The summed E-state index contributed by atoms with van der Waals surface area (Å²) in [5.74, 6) is -0.196. The van der Waals surface area contributed by atoms with Crippen molar-refractivity contribution in [1.82, 2.24) is 14.9 Å². The maximum atomic E-state index is 12.5. The molecule has 3 rings (SSSR count). The van der Waals surface area contributed by atoms with Gasteiger partial charge in [-0.05, 0) is 34.2 Å². The Balaban J connectivity index is 1.40. The van der Waals surface area contributed by atoms with E-state index < -0.39 is 10.0 Å². The molecular formula is C25H35N3O4S. The number of carbonyl (C=O) groups excluding carboxylic acids is 1. The topological polar surface area (TPSA) is 87.7 Å². The van der Waals surface area contributed by atoms with Crippen molar-refractivity contribution in [3.8, 4) is 0 Å². The Labute approximate surface area is 197 Å². The van der Waals surface area contributed by atoms with Gasteiger partial charge in [0.05, 0.1) is 18.1 Å². The summed E-state index contributed by atoms with van der Waals surface area (Å²) in [5, 5.41) is 2.85. The molecule has 0 bridgehead atoms. The molecule has 2 N–H and O–H groups in total. The van der Waals surface area contributed by atoms with Gasteiger partial charge in [0, 0.05) is 39.1 Å². The monoisotopic (exact) mass is 473 g/mol. The van der Waals surface area contributed by atoms with Crippen LogP contribution in [0.25, 0.3) is 0 Å². The molecule has 0 unspecified atom stereocenters. The number of benzene rings is 2. The normalized spacial score (nSPS) is 15.4. The minimum Gasteiger partial charge on any atom is -0.379 e. The zero-order valence-corrected chi connectivity index (χ0v) is 20.6. The Hall–Kier alpha value is -2.26. The van der Waals surface area contributed by atoms with E-state index in [2.05, 4.69) is 47.8 Å². The molecule has 1 fully saturated rings. The van der Waals surface area contributed by atoms with Crippen molar-refractivity contribution < 1.29 is 17.9 Å². The molecule has 0 radical (unpaired) electrons. The first-order chi connectivity index (χ1) is 15.6. The maximum absolute atomic E-state index is 12.5. The van der Waals surface area contributed by atoms with Gasteiger partial charge in [-0.1, -0.05) is 57.2 Å². The zero-order chi connectivity index (χ0) is 23.9. The van der Waals surface area contributed by atoms with Crippen LogP contribution in [-0.4, -0.2) is 52.1 Å². The number of ether oxygens (including phenoxy) is 1. The van der Waals surface area contributed by atoms with Gasteiger partial charge in [-0.3, -0.25) is 9.69 Å². The number of hydrogen-bond acceptors (Lipinski definition) is 5. The van der Waals surface area contributed by atoms with E-state index in [-0.39, 0.29) is 29.2 Å². The predicted molar refractivity (Wildman–Crippen MR) is 129 cm³/mol. The molecule has 1 heterocycles. The molecule has 8 heteroatoms. The van der Waals surface area contributed by atoms with E-state index in [9.17, 15) is 13.2 Å². The summed E-state index contributed by atoms with van der Waals surface area (Å²) in [6, 6.07) is 15.0. The molecule has 0 spiro atoms. The fourth-order valence-electron chi connectivity index (χ4n) is 3.59. The number of nitrogens with one attached hydrogen (secondary N) is 2. The Morgan fingerprint density at radius 3 is 2.18 bits per heavy atom. The largest absolute Gasteiger partial charge is 0.379 e. The lowest BCUT2D eigenvalue weighted by Crippen LogP contribution is -2.35.